The fourth-order valence-corrected chi connectivity index (χ4v) is 1.80. The lowest BCUT2D eigenvalue weighted by atomic mass is 10.1. The number of nitrogens with one attached hydrogen (secondary N) is 1. The molecule has 7 nitrogen and oxygen atoms in total. The van der Waals surface area contributed by atoms with Crippen LogP contribution in [0.15, 0.2) is 0 Å². The smallest absolute Gasteiger partial charge is 0.360 e. The number of rotatable bonds is 7. The average Bonchev–Trinajstić information content (AvgIpc) is 2.71. The number of hydrogen-bond acceptors (Lipinski definition) is 5. The van der Waals surface area contributed by atoms with E-state index in [0.29, 0.717) is 32.0 Å². The van der Waals surface area contributed by atoms with Gasteiger partial charge in [0.15, 0.2) is 5.69 Å². The molecule has 7 heteroatoms. The van der Waals surface area contributed by atoms with Crippen molar-refractivity contribution in [2.45, 2.75) is 40.7 Å². The van der Waals surface area contributed by atoms with E-state index in [1.54, 1.807) is 11.6 Å². The van der Waals surface area contributed by atoms with Crippen molar-refractivity contribution in [2.75, 3.05) is 13.2 Å². The Balaban J connectivity index is 2.87. The van der Waals surface area contributed by atoms with Crippen LogP contribution in [0.5, 0.6) is 0 Å². The lowest BCUT2D eigenvalue weighted by Crippen LogP contribution is -2.26. The lowest BCUT2D eigenvalue weighted by Gasteiger charge is -2.10. The summed E-state index contributed by atoms with van der Waals surface area (Å²) in [6, 6.07) is 0. The minimum absolute atomic E-state index is 0.0962. The quantitative estimate of drug-likeness (QED) is 0.747. The molecule has 0 aliphatic rings. The van der Waals surface area contributed by atoms with Crippen molar-refractivity contribution in [1.29, 1.82) is 0 Å². The number of aromatic nitrogens is 3. The Morgan fingerprint density at radius 2 is 2.10 bits per heavy atom. The highest BCUT2D eigenvalue weighted by Gasteiger charge is 2.21. The Morgan fingerprint density at radius 1 is 1.40 bits per heavy atom. The van der Waals surface area contributed by atoms with Gasteiger partial charge in [0.05, 0.1) is 18.8 Å². The average molecular weight is 282 g/mol. The van der Waals surface area contributed by atoms with Gasteiger partial charge in [0.1, 0.15) is 0 Å². The summed E-state index contributed by atoms with van der Waals surface area (Å²) in [5.74, 6) is -0.184. The standard InChI is InChI=1S/C13H22N4O3/c1-5-20-13(19)12-11(8-9(2)3)17(16-15-12)7-6-14-10(4)18/h9H,5-8H2,1-4H3,(H,14,18). The summed E-state index contributed by atoms with van der Waals surface area (Å²) in [5, 5.41) is 10.6. The molecular formula is C13H22N4O3. The molecule has 1 heterocycles. The first-order chi connectivity index (χ1) is 9.45. The first-order valence-corrected chi connectivity index (χ1v) is 6.79. The monoisotopic (exact) mass is 282 g/mol. The Labute approximate surface area is 118 Å². The molecule has 1 amide bonds. The molecule has 0 saturated heterocycles. The number of carbonyl (C=O) groups is 2. The Morgan fingerprint density at radius 3 is 2.65 bits per heavy atom. The van der Waals surface area contributed by atoms with E-state index in [1.165, 1.54) is 6.92 Å². The zero-order valence-electron chi connectivity index (χ0n) is 12.5. The molecule has 1 aromatic heterocycles. The van der Waals surface area contributed by atoms with Gasteiger partial charge in [0.25, 0.3) is 0 Å². The minimum Gasteiger partial charge on any atom is -0.461 e. The maximum atomic E-state index is 11.8. The Hall–Kier alpha value is -1.92. The Bertz CT molecular complexity index is 468. The highest BCUT2D eigenvalue weighted by molar-refractivity contribution is 5.88. The topological polar surface area (TPSA) is 86.1 Å². The molecule has 0 atom stereocenters. The number of carbonyl (C=O) groups excluding carboxylic acids is 2. The van der Waals surface area contributed by atoms with Crippen molar-refractivity contribution >= 4 is 11.9 Å². The van der Waals surface area contributed by atoms with Gasteiger partial charge in [0, 0.05) is 13.5 Å². The van der Waals surface area contributed by atoms with Crippen molar-refractivity contribution in [3.8, 4) is 0 Å². The number of amides is 1. The van der Waals surface area contributed by atoms with E-state index in [9.17, 15) is 9.59 Å². The first kappa shape index (κ1) is 16.1. The Kier molecular flexibility index (Phi) is 6.14. The van der Waals surface area contributed by atoms with Gasteiger partial charge in [-0.3, -0.25) is 4.79 Å². The third-order valence-electron chi connectivity index (χ3n) is 2.61. The molecule has 0 spiro atoms. The predicted octanol–water partition coefficient (Wildman–Crippen LogP) is 0.789. The fraction of sp³-hybridized carbons (Fsp3) is 0.692. The molecule has 1 aromatic rings. The van der Waals surface area contributed by atoms with Crippen molar-refractivity contribution in [3.05, 3.63) is 11.4 Å². The fourth-order valence-electron chi connectivity index (χ4n) is 1.80. The predicted molar refractivity (Wildman–Crippen MR) is 73.2 cm³/mol. The molecule has 0 fully saturated rings. The second-order valence-corrected chi connectivity index (χ2v) is 4.91. The second kappa shape index (κ2) is 7.62. The van der Waals surface area contributed by atoms with Crippen molar-refractivity contribution in [1.82, 2.24) is 20.3 Å². The van der Waals surface area contributed by atoms with Crippen LogP contribution in [0.3, 0.4) is 0 Å². The first-order valence-electron chi connectivity index (χ1n) is 6.79. The number of ether oxygens (including phenoxy) is 1. The van der Waals surface area contributed by atoms with Crippen LogP contribution in [-0.4, -0.2) is 40.0 Å². The van der Waals surface area contributed by atoms with Gasteiger partial charge in [-0.2, -0.15) is 0 Å². The molecule has 1 N–H and O–H groups in total. The minimum atomic E-state index is -0.450. The van der Waals surface area contributed by atoms with Crippen LogP contribution in [0.4, 0.5) is 0 Å². The molecule has 0 saturated carbocycles. The third-order valence-corrected chi connectivity index (χ3v) is 2.61. The van der Waals surface area contributed by atoms with E-state index in [2.05, 4.69) is 29.5 Å². The van der Waals surface area contributed by atoms with E-state index in [-0.39, 0.29) is 11.6 Å². The highest BCUT2D eigenvalue weighted by atomic mass is 16.5. The normalized spacial score (nSPS) is 10.7. The molecule has 20 heavy (non-hydrogen) atoms. The highest BCUT2D eigenvalue weighted by Crippen LogP contribution is 2.13. The number of esters is 1. The van der Waals surface area contributed by atoms with Crippen molar-refractivity contribution < 1.29 is 14.3 Å². The molecule has 0 aliphatic carbocycles. The number of nitrogens with zero attached hydrogens (tertiary/aromatic N) is 3. The zero-order chi connectivity index (χ0) is 15.1. The van der Waals surface area contributed by atoms with Crippen LogP contribution in [0.2, 0.25) is 0 Å². The largest absolute Gasteiger partial charge is 0.461 e. The molecule has 112 valence electrons. The van der Waals surface area contributed by atoms with Crippen LogP contribution in [0.25, 0.3) is 0 Å². The van der Waals surface area contributed by atoms with E-state index in [0.717, 1.165) is 5.69 Å². The SMILES string of the molecule is CCOC(=O)c1nnn(CCNC(C)=O)c1CC(C)C. The number of hydrogen-bond donors (Lipinski definition) is 1. The van der Waals surface area contributed by atoms with Crippen LogP contribution >= 0.6 is 0 Å². The van der Waals surface area contributed by atoms with Gasteiger partial charge in [-0.15, -0.1) is 5.10 Å². The van der Waals surface area contributed by atoms with Gasteiger partial charge in [0.2, 0.25) is 5.91 Å². The van der Waals surface area contributed by atoms with Gasteiger partial charge >= 0.3 is 5.97 Å². The van der Waals surface area contributed by atoms with Gasteiger partial charge in [-0.25, -0.2) is 9.48 Å². The summed E-state index contributed by atoms with van der Waals surface area (Å²) in [7, 11) is 0. The van der Waals surface area contributed by atoms with Crippen molar-refractivity contribution in [3.63, 3.8) is 0 Å². The molecule has 1 rings (SSSR count). The lowest BCUT2D eigenvalue weighted by molar-refractivity contribution is -0.119. The van der Waals surface area contributed by atoms with E-state index >= 15 is 0 Å². The zero-order valence-corrected chi connectivity index (χ0v) is 12.5. The van der Waals surface area contributed by atoms with Gasteiger partial charge < -0.3 is 10.1 Å². The van der Waals surface area contributed by atoms with Crippen LogP contribution in [-0.2, 0) is 22.5 Å². The molecule has 0 bridgehead atoms. The van der Waals surface area contributed by atoms with Crippen molar-refractivity contribution in [2.24, 2.45) is 5.92 Å². The van der Waals surface area contributed by atoms with E-state index in [4.69, 9.17) is 4.74 Å². The summed E-state index contributed by atoms with van der Waals surface area (Å²) in [4.78, 5) is 22.7. The summed E-state index contributed by atoms with van der Waals surface area (Å²) in [6.45, 7) is 8.56. The molecule has 0 unspecified atom stereocenters. The maximum Gasteiger partial charge on any atom is 0.360 e. The summed E-state index contributed by atoms with van der Waals surface area (Å²) in [6.07, 6.45) is 0.682. The summed E-state index contributed by atoms with van der Waals surface area (Å²) in [5.41, 5.74) is 1.02. The van der Waals surface area contributed by atoms with Crippen LogP contribution in [0, 0.1) is 5.92 Å². The molecule has 0 aromatic carbocycles. The van der Waals surface area contributed by atoms with E-state index < -0.39 is 5.97 Å². The third kappa shape index (κ3) is 4.64. The van der Waals surface area contributed by atoms with Gasteiger partial charge in [-0.1, -0.05) is 19.1 Å². The maximum absolute atomic E-state index is 11.8. The molecule has 0 aliphatic heterocycles. The van der Waals surface area contributed by atoms with Crippen LogP contribution < -0.4 is 5.32 Å². The van der Waals surface area contributed by atoms with Gasteiger partial charge in [-0.05, 0) is 19.3 Å². The molecule has 0 radical (unpaired) electrons. The summed E-state index contributed by atoms with van der Waals surface area (Å²) >= 11 is 0. The summed E-state index contributed by atoms with van der Waals surface area (Å²) < 4.78 is 6.64. The van der Waals surface area contributed by atoms with Crippen LogP contribution in [0.1, 0.15) is 43.9 Å². The second-order valence-electron chi connectivity index (χ2n) is 4.91. The van der Waals surface area contributed by atoms with E-state index in [1.807, 2.05) is 0 Å². The molecular weight excluding hydrogens is 260 g/mol.